The summed E-state index contributed by atoms with van der Waals surface area (Å²) < 4.78 is 54.4. The second-order valence-corrected chi connectivity index (χ2v) is 22.2. The van der Waals surface area contributed by atoms with Gasteiger partial charge in [0.15, 0.2) is 12.4 Å². The molecule has 13 heteroatoms. The van der Waals surface area contributed by atoms with Gasteiger partial charge in [-0.25, -0.2) is 0 Å². The first kappa shape index (κ1) is 66.4. The Kier molecular flexibility index (Phi) is 44.7. The van der Waals surface area contributed by atoms with Gasteiger partial charge in [0.05, 0.1) is 6.61 Å². The van der Waals surface area contributed by atoms with Crippen molar-refractivity contribution in [2.24, 2.45) is 0 Å². The van der Waals surface area contributed by atoms with E-state index < -0.39 is 71.2 Å². The van der Waals surface area contributed by atoms with Gasteiger partial charge in [-0.05, 0) is 38.5 Å². The Balaban J connectivity index is 2.28. The molecule has 0 aromatic heterocycles. The molecular formula is C57H108O12S. The van der Waals surface area contributed by atoms with E-state index in [0.717, 1.165) is 51.4 Å². The molecule has 6 atom stereocenters. The number of carbonyl (C=O) groups is 2. The molecule has 12 nitrogen and oxygen atoms in total. The summed E-state index contributed by atoms with van der Waals surface area (Å²) in [6.07, 6.45) is 45.4. The van der Waals surface area contributed by atoms with Gasteiger partial charge in [-0.2, -0.15) is 8.42 Å². The molecular weight excluding hydrogens is 909 g/mol. The van der Waals surface area contributed by atoms with E-state index >= 15 is 0 Å². The van der Waals surface area contributed by atoms with Gasteiger partial charge in [-0.1, -0.05) is 244 Å². The number of aliphatic hydroxyl groups excluding tert-OH is 3. The minimum Gasteiger partial charge on any atom is -0.462 e. The largest absolute Gasteiger partial charge is 0.462 e. The summed E-state index contributed by atoms with van der Waals surface area (Å²) in [5, 5.41) is 31.0. The van der Waals surface area contributed by atoms with Gasteiger partial charge in [0, 0.05) is 12.8 Å². The highest BCUT2D eigenvalue weighted by atomic mass is 32.2. The van der Waals surface area contributed by atoms with Crippen molar-refractivity contribution in [1.29, 1.82) is 0 Å². The monoisotopic (exact) mass is 1020 g/mol. The van der Waals surface area contributed by atoms with Crippen LogP contribution >= 0.6 is 0 Å². The second-order valence-electron chi connectivity index (χ2n) is 20.7. The summed E-state index contributed by atoms with van der Waals surface area (Å²) in [5.41, 5.74) is 0. The maximum atomic E-state index is 12.9. The smallest absolute Gasteiger partial charge is 0.306 e. The molecule has 1 heterocycles. The molecule has 6 unspecified atom stereocenters. The minimum atomic E-state index is -4.60. The third kappa shape index (κ3) is 40.8. The molecule has 0 saturated carbocycles. The molecule has 0 amide bonds. The van der Waals surface area contributed by atoms with E-state index in [9.17, 15) is 37.9 Å². The number of hydrogen-bond acceptors (Lipinski definition) is 11. The van der Waals surface area contributed by atoms with Crippen molar-refractivity contribution in [3.63, 3.8) is 0 Å². The first-order chi connectivity index (χ1) is 34.0. The van der Waals surface area contributed by atoms with Crippen LogP contribution in [0, 0.1) is 0 Å². The lowest BCUT2D eigenvalue weighted by Gasteiger charge is -2.40. The third-order valence-electron chi connectivity index (χ3n) is 13.8. The summed E-state index contributed by atoms with van der Waals surface area (Å²) in [6, 6.07) is 0. The third-order valence-corrected chi connectivity index (χ3v) is 14.6. The molecule has 0 bridgehead atoms. The van der Waals surface area contributed by atoms with Crippen molar-refractivity contribution >= 4 is 22.1 Å². The Morgan fingerprint density at radius 2 is 0.814 bits per heavy atom. The van der Waals surface area contributed by atoms with E-state index in [1.54, 1.807) is 0 Å². The van der Waals surface area contributed by atoms with E-state index in [-0.39, 0.29) is 19.4 Å². The number of hydrogen-bond donors (Lipinski definition) is 4. The van der Waals surface area contributed by atoms with Crippen molar-refractivity contribution in [1.82, 2.24) is 0 Å². The highest BCUT2D eigenvalue weighted by molar-refractivity contribution is 7.85. The van der Waals surface area contributed by atoms with Crippen LogP contribution in [0.4, 0.5) is 0 Å². The fourth-order valence-electron chi connectivity index (χ4n) is 9.32. The fourth-order valence-corrected chi connectivity index (χ4v) is 10.0. The topological polar surface area (TPSA) is 186 Å². The Morgan fingerprint density at radius 1 is 0.471 bits per heavy atom. The fraction of sp³-hybridized carbons (Fsp3) is 0.930. The van der Waals surface area contributed by atoms with E-state index in [2.05, 4.69) is 26.0 Å². The van der Waals surface area contributed by atoms with Crippen LogP contribution in [0.25, 0.3) is 0 Å². The highest BCUT2D eigenvalue weighted by Crippen LogP contribution is 2.24. The van der Waals surface area contributed by atoms with E-state index in [1.165, 1.54) is 193 Å². The Morgan fingerprint density at radius 3 is 1.19 bits per heavy atom. The molecule has 1 aliphatic rings. The van der Waals surface area contributed by atoms with Gasteiger partial charge in [-0.15, -0.1) is 0 Å². The number of unbranched alkanes of at least 4 members (excludes halogenated alkanes) is 37. The van der Waals surface area contributed by atoms with Crippen molar-refractivity contribution in [2.45, 2.75) is 320 Å². The quantitative estimate of drug-likeness (QED) is 0.0196. The van der Waals surface area contributed by atoms with Gasteiger partial charge in [0.1, 0.15) is 36.8 Å². The Bertz CT molecular complexity index is 1330. The molecule has 1 aliphatic heterocycles. The Labute approximate surface area is 428 Å². The molecule has 4 N–H and O–H groups in total. The van der Waals surface area contributed by atoms with E-state index in [1.807, 2.05) is 0 Å². The van der Waals surface area contributed by atoms with Crippen LogP contribution in [-0.2, 0) is 38.7 Å². The molecule has 1 fully saturated rings. The number of carbonyl (C=O) groups excluding carboxylic acids is 2. The number of esters is 2. The van der Waals surface area contributed by atoms with Crippen LogP contribution in [0.2, 0.25) is 0 Å². The zero-order valence-electron chi connectivity index (χ0n) is 44.9. The summed E-state index contributed by atoms with van der Waals surface area (Å²) in [5.74, 6) is -1.97. The van der Waals surface area contributed by atoms with Crippen LogP contribution in [0.3, 0.4) is 0 Å². The second kappa shape index (κ2) is 47.1. The van der Waals surface area contributed by atoms with Crippen molar-refractivity contribution in [3.05, 3.63) is 12.2 Å². The van der Waals surface area contributed by atoms with Crippen LogP contribution in [0.5, 0.6) is 0 Å². The molecule has 0 aromatic rings. The number of aliphatic hydroxyl groups is 3. The lowest BCUT2D eigenvalue weighted by atomic mass is 10.00. The minimum absolute atomic E-state index is 0.164. The molecule has 0 spiro atoms. The maximum absolute atomic E-state index is 12.9. The summed E-state index contributed by atoms with van der Waals surface area (Å²) in [4.78, 5) is 25.6. The summed E-state index contributed by atoms with van der Waals surface area (Å²) in [6.45, 7) is 3.82. The normalized spacial score (nSPS) is 19.0. The molecule has 0 aliphatic carbocycles. The number of allylic oxidation sites excluding steroid dienone is 2. The molecule has 414 valence electrons. The van der Waals surface area contributed by atoms with Crippen LogP contribution < -0.4 is 0 Å². The van der Waals surface area contributed by atoms with Gasteiger partial charge in [-0.3, -0.25) is 14.1 Å². The standard InChI is InChI=1S/C57H108O12S/c1-3-5-7-9-11-13-15-17-19-21-23-24-25-26-27-28-30-31-33-35-37-39-41-43-45-52(58)66-47-50(48-67-57-56(62)55(61)54(60)51(69-57)49-70(63,64)65)68-53(59)46-44-42-40-38-36-34-32-29-22-20-18-16-14-12-10-8-6-4-2/h20,22,50-51,54-57,60-62H,3-19,21,23-49H2,1-2H3,(H,63,64,65)/b22-20-. The van der Waals surface area contributed by atoms with Crippen molar-refractivity contribution in [2.75, 3.05) is 19.0 Å². The van der Waals surface area contributed by atoms with Gasteiger partial charge < -0.3 is 34.3 Å². The van der Waals surface area contributed by atoms with Crippen molar-refractivity contribution < 1.29 is 56.8 Å². The van der Waals surface area contributed by atoms with Crippen LogP contribution in [0.15, 0.2) is 12.2 Å². The zero-order chi connectivity index (χ0) is 51.2. The van der Waals surface area contributed by atoms with Gasteiger partial charge in [0.2, 0.25) is 0 Å². The molecule has 70 heavy (non-hydrogen) atoms. The first-order valence-corrected chi connectivity index (χ1v) is 30.9. The predicted molar refractivity (Wildman–Crippen MR) is 284 cm³/mol. The van der Waals surface area contributed by atoms with E-state index in [4.69, 9.17) is 18.9 Å². The van der Waals surface area contributed by atoms with Crippen LogP contribution in [0.1, 0.15) is 284 Å². The average Bonchev–Trinajstić information content (AvgIpc) is 3.33. The highest BCUT2D eigenvalue weighted by Gasteiger charge is 2.46. The van der Waals surface area contributed by atoms with Gasteiger partial charge in [0.25, 0.3) is 10.1 Å². The predicted octanol–water partition coefficient (Wildman–Crippen LogP) is 14.1. The van der Waals surface area contributed by atoms with Crippen LogP contribution in [-0.4, -0.2) is 96.0 Å². The Hall–Kier alpha value is -1.61. The van der Waals surface area contributed by atoms with Crippen molar-refractivity contribution in [3.8, 4) is 0 Å². The summed E-state index contributed by atoms with van der Waals surface area (Å²) in [7, 11) is -4.60. The lowest BCUT2D eigenvalue weighted by molar-refractivity contribution is -0.297. The maximum Gasteiger partial charge on any atom is 0.306 e. The number of rotatable bonds is 51. The van der Waals surface area contributed by atoms with E-state index in [0.29, 0.717) is 12.8 Å². The van der Waals surface area contributed by atoms with Gasteiger partial charge >= 0.3 is 11.9 Å². The average molecular weight is 1020 g/mol. The zero-order valence-corrected chi connectivity index (χ0v) is 45.7. The first-order valence-electron chi connectivity index (χ1n) is 29.2. The molecule has 0 aromatic carbocycles. The molecule has 1 saturated heterocycles. The molecule has 0 radical (unpaired) electrons. The number of ether oxygens (including phenoxy) is 4. The molecule has 1 rings (SSSR count). The lowest BCUT2D eigenvalue weighted by Crippen LogP contribution is -2.60. The summed E-state index contributed by atoms with van der Waals surface area (Å²) >= 11 is 0. The SMILES string of the molecule is CCCCCCCCC/C=C\CCCCCCCCCC(=O)OC(COC(=O)CCCCCCCCCCCCCCCCCCCCCCCCCC)COC1OC(CS(=O)(=O)O)C(O)C(O)C1O.